The van der Waals surface area contributed by atoms with Crippen LogP contribution in [0.2, 0.25) is 0 Å². The lowest BCUT2D eigenvalue weighted by molar-refractivity contribution is -0.143. The maximum Gasteiger partial charge on any atom is 0.306 e. The number of carbonyl (C=O) groups excluding carboxylic acids is 1. The van der Waals surface area contributed by atoms with E-state index in [4.69, 9.17) is 4.74 Å². The molecule has 0 N–H and O–H groups in total. The van der Waals surface area contributed by atoms with Gasteiger partial charge in [0.25, 0.3) is 0 Å². The van der Waals surface area contributed by atoms with Crippen molar-refractivity contribution in [3.05, 3.63) is 71.8 Å². The van der Waals surface area contributed by atoms with Gasteiger partial charge in [-0.3, -0.25) is 4.79 Å². The maximum absolute atomic E-state index is 11.8. The van der Waals surface area contributed by atoms with Crippen LogP contribution in [0, 0.1) is 0 Å². The Kier molecular flexibility index (Phi) is 5.36. The summed E-state index contributed by atoms with van der Waals surface area (Å²) in [5.41, 5.74) is 2.36. The SMILES string of the molecule is CC(CC(=O)OCCc1ccccc1)c1ccccc1. The van der Waals surface area contributed by atoms with Crippen LogP contribution < -0.4 is 0 Å². The zero-order valence-electron chi connectivity index (χ0n) is 11.8. The van der Waals surface area contributed by atoms with Crippen LogP contribution in [0.3, 0.4) is 0 Å². The van der Waals surface area contributed by atoms with Crippen LogP contribution in [0.1, 0.15) is 30.4 Å². The van der Waals surface area contributed by atoms with Gasteiger partial charge < -0.3 is 4.74 Å². The first-order valence-corrected chi connectivity index (χ1v) is 7.00. The molecule has 0 radical (unpaired) electrons. The van der Waals surface area contributed by atoms with Gasteiger partial charge in [-0.05, 0) is 17.0 Å². The fraction of sp³-hybridized carbons (Fsp3) is 0.278. The molecule has 0 saturated carbocycles. The van der Waals surface area contributed by atoms with Gasteiger partial charge in [0, 0.05) is 6.42 Å². The summed E-state index contributed by atoms with van der Waals surface area (Å²) in [5, 5.41) is 0. The summed E-state index contributed by atoms with van der Waals surface area (Å²) in [6.45, 7) is 2.50. The Morgan fingerprint density at radius 2 is 1.60 bits per heavy atom. The number of benzene rings is 2. The topological polar surface area (TPSA) is 26.3 Å². The number of ether oxygens (including phenoxy) is 1. The predicted octanol–water partition coefficient (Wildman–Crippen LogP) is 3.97. The summed E-state index contributed by atoms with van der Waals surface area (Å²) in [5.74, 6) is 0.0673. The van der Waals surface area contributed by atoms with Crippen molar-refractivity contribution < 1.29 is 9.53 Å². The molecule has 0 aliphatic heterocycles. The fourth-order valence-corrected chi connectivity index (χ4v) is 2.14. The van der Waals surface area contributed by atoms with Crippen molar-refractivity contribution in [1.29, 1.82) is 0 Å². The minimum absolute atomic E-state index is 0.128. The highest BCUT2D eigenvalue weighted by molar-refractivity contribution is 5.70. The van der Waals surface area contributed by atoms with Crippen LogP contribution >= 0.6 is 0 Å². The van der Waals surface area contributed by atoms with E-state index in [1.165, 1.54) is 11.1 Å². The second kappa shape index (κ2) is 7.49. The van der Waals surface area contributed by atoms with Gasteiger partial charge >= 0.3 is 5.97 Å². The molecule has 0 saturated heterocycles. The quantitative estimate of drug-likeness (QED) is 0.741. The molecule has 0 aromatic heterocycles. The Bertz CT molecular complexity index is 520. The van der Waals surface area contributed by atoms with Gasteiger partial charge in [0.05, 0.1) is 13.0 Å². The van der Waals surface area contributed by atoms with E-state index in [0.29, 0.717) is 13.0 Å². The Balaban J connectivity index is 1.73. The molecule has 0 aliphatic carbocycles. The molecule has 0 fully saturated rings. The lowest BCUT2D eigenvalue weighted by atomic mass is 9.98. The van der Waals surface area contributed by atoms with E-state index in [-0.39, 0.29) is 11.9 Å². The molecule has 2 nitrogen and oxygen atoms in total. The molecule has 2 heteroatoms. The van der Waals surface area contributed by atoms with E-state index in [2.05, 4.69) is 0 Å². The molecule has 104 valence electrons. The number of esters is 1. The van der Waals surface area contributed by atoms with Crippen LogP contribution in [0.25, 0.3) is 0 Å². The zero-order valence-corrected chi connectivity index (χ0v) is 11.8. The van der Waals surface area contributed by atoms with Gasteiger partial charge in [-0.1, -0.05) is 67.6 Å². The molecule has 0 spiro atoms. The Labute approximate surface area is 120 Å². The number of rotatable bonds is 6. The summed E-state index contributed by atoms with van der Waals surface area (Å²) in [7, 11) is 0. The van der Waals surface area contributed by atoms with Gasteiger partial charge in [0.1, 0.15) is 0 Å². The van der Waals surface area contributed by atoms with Crippen LogP contribution in [-0.4, -0.2) is 12.6 Å². The minimum Gasteiger partial charge on any atom is -0.465 e. The van der Waals surface area contributed by atoms with Crippen LogP contribution in [0.4, 0.5) is 0 Å². The second-order valence-electron chi connectivity index (χ2n) is 4.97. The van der Waals surface area contributed by atoms with E-state index >= 15 is 0 Å². The largest absolute Gasteiger partial charge is 0.465 e. The van der Waals surface area contributed by atoms with Crippen molar-refractivity contribution in [1.82, 2.24) is 0 Å². The van der Waals surface area contributed by atoms with Crippen molar-refractivity contribution in [3.63, 3.8) is 0 Å². The van der Waals surface area contributed by atoms with Crippen LogP contribution in [0.5, 0.6) is 0 Å². The van der Waals surface area contributed by atoms with E-state index in [1.54, 1.807) is 0 Å². The highest BCUT2D eigenvalue weighted by Gasteiger charge is 2.11. The molecule has 1 unspecified atom stereocenters. The first-order chi connectivity index (χ1) is 9.75. The molecule has 0 heterocycles. The Morgan fingerprint density at radius 3 is 2.25 bits per heavy atom. The summed E-state index contributed by atoms with van der Waals surface area (Å²) in [6.07, 6.45) is 1.20. The van der Waals surface area contributed by atoms with Gasteiger partial charge in [0.2, 0.25) is 0 Å². The lowest BCUT2D eigenvalue weighted by Crippen LogP contribution is -2.10. The van der Waals surface area contributed by atoms with Crippen molar-refractivity contribution >= 4 is 5.97 Å². The van der Waals surface area contributed by atoms with Crippen LogP contribution in [-0.2, 0) is 16.0 Å². The van der Waals surface area contributed by atoms with Crippen molar-refractivity contribution in [2.45, 2.75) is 25.7 Å². The van der Waals surface area contributed by atoms with Crippen molar-refractivity contribution in [2.75, 3.05) is 6.61 Å². The van der Waals surface area contributed by atoms with E-state index < -0.39 is 0 Å². The van der Waals surface area contributed by atoms with Gasteiger partial charge in [-0.2, -0.15) is 0 Å². The first-order valence-electron chi connectivity index (χ1n) is 7.00. The van der Waals surface area contributed by atoms with E-state index in [0.717, 1.165) is 6.42 Å². The molecule has 2 aromatic rings. The van der Waals surface area contributed by atoms with Gasteiger partial charge in [-0.25, -0.2) is 0 Å². The molecule has 2 rings (SSSR count). The third-order valence-corrected chi connectivity index (χ3v) is 3.34. The lowest BCUT2D eigenvalue weighted by Gasteiger charge is -2.11. The van der Waals surface area contributed by atoms with E-state index in [1.807, 2.05) is 67.6 Å². The predicted molar refractivity (Wildman–Crippen MR) is 80.6 cm³/mol. The maximum atomic E-state index is 11.8. The smallest absolute Gasteiger partial charge is 0.306 e. The molecule has 0 amide bonds. The average molecular weight is 268 g/mol. The number of hydrogen-bond donors (Lipinski definition) is 0. The summed E-state index contributed by atoms with van der Waals surface area (Å²) >= 11 is 0. The molecule has 20 heavy (non-hydrogen) atoms. The number of carbonyl (C=O) groups is 1. The molecule has 0 aliphatic rings. The molecule has 0 bridgehead atoms. The molecular formula is C18H20O2. The van der Waals surface area contributed by atoms with Gasteiger partial charge in [-0.15, -0.1) is 0 Å². The fourth-order valence-electron chi connectivity index (χ4n) is 2.14. The highest BCUT2D eigenvalue weighted by atomic mass is 16.5. The summed E-state index contributed by atoms with van der Waals surface area (Å²) in [6, 6.07) is 20.1. The Hall–Kier alpha value is -2.09. The summed E-state index contributed by atoms with van der Waals surface area (Å²) < 4.78 is 5.30. The molecule has 2 aromatic carbocycles. The second-order valence-corrected chi connectivity index (χ2v) is 4.97. The minimum atomic E-state index is -0.128. The first kappa shape index (κ1) is 14.3. The molecular weight excluding hydrogens is 248 g/mol. The van der Waals surface area contributed by atoms with Gasteiger partial charge in [0.15, 0.2) is 0 Å². The van der Waals surface area contributed by atoms with Crippen molar-refractivity contribution in [2.24, 2.45) is 0 Å². The standard InChI is InChI=1S/C18H20O2/c1-15(17-10-6-3-7-11-17)14-18(19)20-13-12-16-8-4-2-5-9-16/h2-11,15H,12-14H2,1H3. The normalized spacial score (nSPS) is 11.8. The Morgan fingerprint density at radius 1 is 1.00 bits per heavy atom. The molecule has 1 atom stereocenters. The third kappa shape index (κ3) is 4.54. The third-order valence-electron chi connectivity index (χ3n) is 3.34. The average Bonchev–Trinajstić information content (AvgIpc) is 2.49. The number of hydrogen-bond acceptors (Lipinski definition) is 2. The zero-order chi connectivity index (χ0) is 14.2. The van der Waals surface area contributed by atoms with E-state index in [9.17, 15) is 4.79 Å². The van der Waals surface area contributed by atoms with Crippen molar-refractivity contribution in [3.8, 4) is 0 Å². The van der Waals surface area contributed by atoms with Crippen LogP contribution in [0.15, 0.2) is 60.7 Å². The summed E-state index contributed by atoms with van der Waals surface area (Å²) in [4.78, 5) is 11.8. The highest BCUT2D eigenvalue weighted by Crippen LogP contribution is 2.18. The monoisotopic (exact) mass is 268 g/mol.